The molecule has 2 nitrogen and oxygen atoms in total. The quantitative estimate of drug-likeness (QED) is 0.675. The maximum Gasteiger partial charge on any atom is 0.193 e. The number of hydrogen-bond donors (Lipinski definition) is 0. The number of aryl methyl sites for hydroxylation is 1. The standard InChI is InChI=1S/C17H15IO2/c18-20-16-11-5-7-12-6-1-2-8-13(12)17(19)15-10-4-3-9-14(15)16/h1-4,6,8-10,16H,5,7,11H2. The Hall–Kier alpha value is -1.20. The Labute approximate surface area is 132 Å². The summed E-state index contributed by atoms with van der Waals surface area (Å²) in [5.74, 6) is 0.108. The molecular weight excluding hydrogens is 363 g/mol. The van der Waals surface area contributed by atoms with E-state index < -0.39 is 0 Å². The van der Waals surface area contributed by atoms with E-state index in [0.29, 0.717) is 0 Å². The van der Waals surface area contributed by atoms with Gasteiger partial charge in [0.05, 0.1) is 6.10 Å². The summed E-state index contributed by atoms with van der Waals surface area (Å²) < 4.78 is 5.57. The van der Waals surface area contributed by atoms with E-state index in [2.05, 4.69) is 6.07 Å². The highest BCUT2D eigenvalue weighted by Gasteiger charge is 2.23. The van der Waals surface area contributed by atoms with Gasteiger partial charge in [-0.2, -0.15) is 0 Å². The smallest absolute Gasteiger partial charge is 0.193 e. The Morgan fingerprint density at radius 3 is 2.50 bits per heavy atom. The minimum Gasteiger partial charge on any atom is -0.308 e. The average Bonchev–Trinajstić information content (AvgIpc) is 2.56. The number of ketones is 1. The van der Waals surface area contributed by atoms with Crippen molar-refractivity contribution in [2.75, 3.05) is 0 Å². The molecular formula is C17H15IO2. The van der Waals surface area contributed by atoms with Crippen LogP contribution in [0.2, 0.25) is 0 Å². The summed E-state index contributed by atoms with van der Waals surface area (Å²) in [4.78, 5) is 12.8. The number of carbonyl (C=O) groups excluding carboxylic acids is 1. The molecule has 0 bridgehead atoms. The predicted octanol–water partition coefficient (Wildman–Crippen LogP) is 4.66. The molecule has 0 aliphatic heterocycles. The number of carbonyl (C=O) groups is 1. The molecule has 102 valence electrons. The first-order chi connectivity index (χ1) is 9.81. The van der Waals surface area contributed by atoms with E-state index in [4.69, 9.17) is 3.07 Å². The highest BCUT2D eigenvalue weighted by atomic mass is 127. The van der Waals surface area contributed by atoms with Crippen molar-refractivity contribution < 1.29 is 7.86 Å². The van der Waals surface area contributed by atoms with Crippen LogP contribution in [0.1, 0.15) is 46.0 Å². The van der Waals surface area contributed by atoms with E-state index >= 15 is 0 Å². The molecule has 0 saturated carbocycles. The lowest BCUT2D eigenvalue weighted by atomic mass is 9.94. The molecule has 0 saturated heterocycles. The number of hydrogen-bond acceptors (Lipinski definition) is 2. The maximum absolute atomic E-state index is 12.8. The van der Waals surface area contributed by atoms with E-state index in [1.165, 1.54) is 0 Å². The topological polar surface area (TPSA) is 26.3 Å². The zero-order valence-electron chi connectivity index (χ0n) is 11.0. The minimum absolute atomic E-state index is 0.00920. The third-order valence-corrected chi connectivity index (χ3v) is 4.45. The fraction of sp³-hybridized carbons (Fsp3) is 0.235. The maximum atomic E-state index is 12.8. The first-order valence-electron chi connectivity index (χ1n) is 6.80. The summed E-state index contributed by atoms with van der Waals surface area (Å²) in [6.07, 6.45) is 2.87. The van der Waals surface area contributed by atoms with Gasteiger partial charge in [-0.1, -0.05) is 48.5 Å². The Kier molecular flexibility index (Phi) is 4.17. The van der Waals surface area contributed by atoms with E-state index in [9.17, 15) is 4.79 Å². The van der Waals surface area contributed by atoms with Crippen LogP contribution in [-0.4, -0.2) is 5.78 Å². The van der Waals surface area contributed by atoms with Crippen LogP contribution in [0.15, 0.2) is 48.5 Å². The Morgan fingerprint density at radius 1 is 1.00 bits per heavy atom. The van der Waals surface area contributed by atoms with Crippen molar-refractivity contribution in [1.82, 2.24) is 0 Å². The first kappa shape index (κ1) is 13.8. The third kappa shape index (κ3) is 2.52. The van der Waals surface area contributed by atoms with Gasteiger partial charge in [0.25, 0.3) is 0 Å². The van der Waals surface area contributed by atoms with Gasteiger partial charge >= 0.3 is 0 Å². The minimum atomic E-state index is -0.00920. The first-order valence-corrected chi connectivity index (χ1v) is 7.68. The molecule has 20 heavy (non-hydrogen) atoms. The molecule has 1 unspecified atom stereocenters. The van der Waals surface area contributed by atoms with Gasteiger partial charge in [0, 0.05) is 11.1 Å². The van der Waals surface area contributed by atoms with Crippen LogP contribution in [0.3, 0.4) is 0 Å². The van der Waals surface area contributed by atoms with Crippen LogP contribution in [0, 0.1) is 0 Å². The normalized spacial score (nSPS) is 18.4. The molecule has 0 heterocycles. The van der Waals surface area contributed by atoms with E-state index in [1.807, 2.05) is 65.5 Å². The summed E-state index contributed by atoms with van der Waals surface area (Å²) in [7, 11) is 0. The van der Waals surface area contributed by atoms with Crippen LogP contribution < -0.4 is 0 Å². The summed E-state index contributed by atoms with van der Waals surface area (Å²) in [6, 6.07) is 15.7. The number of fused-ring (bicyclic) bond motifs is 2. The van der Waals surface area contributed by atoms with Crippen molar-refractivity contribution in [2.24, 2.45) is 0 Å². The summed E-state index contributed by atoms with van der Waals surface area (Å²) >= 11 is 1.94. The van der Waals surface area contributed by atoms with Crippen LogP contribution >= 0.6 is 23.0 Å². The van der Waals surface area contributed by atoms with Crippen molar-refractivity contribution in [3.05, 3.63) is 70.8 Å². The molecule has 0 N–H and O–H groups in total. The van der Waals surface area contributed by atoms with Gasteiger partial charge in [0.2, 0.25) is 0 Å². The van der Waals surface area contributed by atoms with E-state index in [0.717, 1.165) is 41.5 Å². The molecule has 1 aliphatic rings. The molecule has 1 aliphatic carbocycles. The molecule has 1 atom stereocenters. The van der Waals surface area contributed by atoms with Crippen molar-refractivity contribution in [3.8, 4) is 0 Å². The van der Waals surface area contributed by atoms with Crippen molar-refractivity contribution in [3.63, 3.8) is 0 Å². The largest absolute Gasteiger partial charge is 0.308 e. The monoisotopic (exact) mass is 378 g/mol. The van der Waals surface area contributed by atoms with Crippen LogP contribution in [0.4, 0.5) is 0 Å². The highest BCUT2D eigenvalue weighted by Crippen LogP contribution is 2.32. The van der Waals surface area contributed by atoms with Gasteiger partial charge in [-0.3, -0.25) is 4.79 Å². The predicted molar refractivity (Wildman–Crippen MR) is 87.1 cm³/mol. The van der Waals surface area contributed by atoms with Crippen LogP contribution in [-0.2, 0) is 9.49 Å². The van der Waals surface area contributed by atoms with Crippen LogP contribution in [0.5, 0.6) is 0 Å². The number of rotatable bonds is 1. The van der Waals surface area contributed by atoms with Crippen LogP contribution in [0.25, 0.3) is 0 Å². The number of halogens is 1. The molecule has 2 aromatic carbocycles. The van der Waals surface area contributed by atoms with Gasteiger partial charge < -0.3 is 3.07 Å². The lowest BCUT2D eigenvalue weighted by Gasteiger charge is -2.16. The molecule has 3 heteroatoms. The van der Waals surface area contributed by atoms with Crippen molar-refractivity contribution >= 4 is 28.8 Å². The third-order valence-electron chi connectivity index (χ3n) is 3.83. The fourth-order valence-electron chi connectivity index (χ4n) is 2.82. The number of benzene rings is 2. The lowest BCUT2D eigenvalue weighted by molar-refractivity contribution is 0.103. The second kappa shape index (κ2) is 6.06. The van der Waals surface area contributed by atoms with Gasteiger partial charge in [0.15, 0.2) is 5.78 Å². The molecule has 0 fully saturated rings. The lowest BCUT2D eigenvalue weighted by Crippen LogP contribution is -2.09. The van der Waals surface area contributed by atoms with Crippen molar-refractivity contribution in [2.45, 2.75) is 25.4 Å². The zero-order valence-corrected chi connectivity index (χ0v) is 13.2. The van der Waals surface area contributed by atoms with Gasteiger partial charge in [-0.05, 0) is 30.4 Å². The summed E-state index contributed by atoms with van der Waals surface area (Å²) in [6.45, 7) is 0. The molecule has 0 spiro atoms. The molecule has 0 radical (unpaired) electrons. The summed E-state index contributed by atoms with van der Waals surface area (Å²) in [5, 5.41) is 0. The Bertz CT molecular complexity index is 636. The van der Waals surface area contributed by atoms with Gasteiger partial charge in [0.1, 0.15) is 23.0 Å². The van der Waals surface area contributed by atoms with Gasteiger partial charge in [-0.25, -0.2) is 0 Å². The fourth-order valence-corrected chi connectivity index (χ4v) is 3.34. The van der Waals surface area contributed by atoms with E-state index in [-0.39, 0.29) is 11.9 Å². The Balaban J connectivity index is 2.17. The van der Waals surface area contributed by atoms with Crippen molar-refractivity contribution in [1.29, 1.82) is 0 Å². The highest BCUT2D eigenvalue weighted by molar-refractivity contribution is 14.1. The van der Waals surface area contributed by atoms with Gasteiger partial charge in [-0.15, -0.1) is 0 Å². The SMILES string of the molecule is O=C1c2ccccc2CCCC(OI)c2ccccc21. The molecule has 0 amide bonds. The molecule has 3 rings (SSSR count). The second-order valence-electron chi connectivity index (χ2n) is 5.04. The Morgan fingerprint density at radius 2 is 1.70 bits per heavy atom. The molecule has 0 aromatic heterocycles. The second-order valence-corrected chi connectivity index (χ2v) is 5.55. The average molecular weight is 378 g/mol. The summed E-state index contributed by atoms with van der Waals surface area (Å²) in [5.41, 5.74) is 3.74. The van der Waals surface area contributed by atoms with E-state index in [1.54, 1.807) is 0 Å². The molecule has 2 aromatic rings. The zero-order chi connectivity index (χ0) is 13.9.